The van der Waals surface area contributed by atoms with E-state index in [1.165, 1.54) is 276 Å². The van der Waals surface area contributed by atoms with Crippen LogP contribution in [0.1, 0.15) is 367 Å². The highest BCUT2D eigenvalue weighted by atomic mass is 16.5. The van der Waals surface area contributed by atoms with Gasteiger partial charge < -0.3 is 20.3 Å². The van der Waals surface area contributed by atoms with Crippen molar-refractivity contribution in [3.8, 4) is 0 Å². The Kier molecular flexibility index (Phi) is 63.0. The Labute approximate surface area is 468 Å². The van der Waals surface area contributed by atoms with Crippen LogP contribution in [0.4, 0.5) is 0 Å². The van der Waals surface area contributed by atoms with Crippen LogP contribution >= 0.6 is 0 Å². The minimum atomic E-state index is -0.673. The molecule has 6 heteroatoms. The molecule has 442 valence electrons. The minimum absolute atomic E-state index is 0.00886. The van der Waals surface area contributed by atoms with Crippen LogP contribution in [0.2, 0.25) is 0 Å². The van der Waals surface area contributed by atoms with E-state index in [9.17, 15) is 19.8 Å². The third kappa shape index (κ3) is 61.2. The fourth-order valence-electron chi connectivity index (χ4n) is 10.5. The molecule has 0 heterocycles. The van der Waals surface area contributed by atoms with Crippen LogP contribution in [-0.2, 0) is 14.3 Å². The van der Waals surface area contributed by atoms with Crippen LogP contribution in [0.5, 0.6) is 0 Å². The van der Waals surface area contributed by atoms with Gasteiger partial charge in [0.05, 0.1) is 25.4 Å². The second-order valence-corrected chi connectivity index (χ2v) is 23.1. The third-order valence-electron chi connectivity index (χ3n) is 15.7. The summed E-state index contributed by atoms with van der Waals surface area (Å²) in [4.78, 5) is 24.6. The number of allylic oxidation sites excluding steroid dienone is 6. The molecule has 0 aliphatic heterocycles. The molecule has 0 aliphatic carbocycles. The van der Waals surface area contributed by atoms with Gasteiger partial charge >= 0.3 is 5.97 Å². The molecule has 0 aromatic rings. The van der Waals surface area contributed by atoms with E-state index in [1.807, 2.05) is 0 Å². The SMILES string of the molecule is CCCCCC/C=C\C/C=C\CCCCCCCC(=O)OCCCCCCCCCC/C=C\CCCCCCCCCC(=O)NC(CO)C(O)CCCCCCCCCCCCCCCCCCCCCCCCC. The van der Waals surface area contributed by atoms with Crippen molar-refractivity contribution in [1.29, 1.82) is 0 Å². The van der Waals surface area contributed by atoms with Crippen LogP contribution in [-0.4, -0.2) is 47.4 Å². The molecule has 2 atom stereocenters. The van der Waals surface area contributed by atoms with E-state index >= 15 is 0 Å². The molecule has 3 N–H and O–H groups in total. The van der Waals surface area contributed by atoms with E-state index in [4.69, 9.17) is 4.74 Å². The summed E-state index contributed by atoms with van der Waals surface area (Å²) in [6.07, 6.45) is 81.7. The van der Waals surface area contributed by atoms with Crippen molar-refractivity contribution in [1.82, 2.24) is 5.32 Å². The quantitative estimate of drug-likeness (QED) is 0.0320. The number of carbonyl (C=O) groups is 2. The zero-order chi connectivity index (χ0) is 54.3. The Hall–Kier alpha value is -1.92. The Bertz CT molecular complexity index is 1210. The summed E-state index contributed by atoms with van der Waals surface area (Å²) in [6, 6.07) is -0.551. The van der Waals surface area contributed by atoms with Crippen molar-refractivity contribution in [2.45, 2.75) is 379 Å². The molecule has 0 radical (unpaired) electrons. The van der Waals surface area contributed by atoms with Gasteiger partial charge in [0.15, 0.2) is 0 Å². The number of ether oxygens (including phenoxy) is 1. The zero-order valence-electron chi connectivity index (χ0n) is 50.5. The summed E-state index contributed by atoms with van der Waals surface area (Å²) < 4.78 is 5.48. The van der Waals surface area contributed by atoms with Crippen LogP contribution < -0.4 is 5.32 Å². The number of rotatable bonds is 63. The third-order valence-corrected chi connectivity index (χ3v) is 15.7. The van der Waals surface area contributed by atoms with Crippen LogP contribution in [0, 0.1) is 0 Å². The average molecular weight is 1050 g/mol. The van der Waals surface area contributed by atoms with E-state index in [1.54, 1.807) is 0 Å². The van der Waals surface area contributed by atoms with Crippen LogP contribution in [0.15, 0.2) is 36.5 Å². The number of carbonyl (C=O) groups excluding carboxylic acids is 2. The minimum Gasteiger partial charge on any atom is -0.466 e. The molecule has 0 spiro atoms. The van der Waals surface area contributed by atoms with Crippen molar-refractivity contribution in [3.63, 3.8) is 0 Å². The first-order valence-electron chi connectivity index (χ1n) is 33.7. The molecule has 75 heavy (non-hydrogen) atoms. The number of esters is 1. The maximum atomic E-state index is 12.5. The lowest BCUT2D eigenvalue weighted by Crippen LogP contribution is -2.45. The molecule has 0 saturated carbocycles. The summed E-state index contributed by atoms with van der Waals surface area (Å²) in [5, 5.41) is 23.4. The fraction of sp³-hybridized carbons (Fsp3) is 0.884. The van der Waals surface area contributed by atoms with Gasteiger partial charge in [-0.3, -0.25) is 9.59 Å². The summed E-state index contributed by atoms with van der Waals surface area (Å²) in [7, 11) is 0. The Morgan fingerprint density at radius 2 is 0.667 bits per heavy atom. The molecule has 0 aromatic carbocycles. The van der Waals surface area contributed by atoms with Gasteiger partial charge in [-0.05, 0) is 83.5 Å². The lowest BCUT2D eigenvalue weighted by molar-refractivity contribution is -0.143. The van der Waals surface area contributed by atoms with Crippen molar-refractivity contribution in [3.05, 3.63) is 36.5 Å². The number of amides is 1. The fourth-order valence-corrected chi connectivity index (χ4v) is 10.5. The lowest BCUT2D eigenvalue weighted by atomic mass is 10.0. The molecule has 0 aliphatic rings. The van der Waals surface area contributed by atoms with E-state index in [0.29, 0.717) is 25.9 Å². The van der Waals surface area contributed by atoms with Gasteiger partial charge in [-0.1, -0.05) is 307 Å². The first kappa shape index (κ1) is 73.1. The Balaban J connectivity index is 3.44. The largest absolute Gasteiger partial charge is 0.466 e. The highest BCUT2D eigenvalue weighted by molar-refractivity contribution is 5.76. The van der Waals surface area contributed by atoms with Crippen LogP contribution in [0.3, 0.4) is 0 Å². The van der Waals surface area contributed by atoms with E-state index in [-0.39, 0.29) is 18.5 Å². The second kappa shape index (κ2) is 64.6. The summed E-state index contributed by atoms with van der Waals surface area (Å²) in [5.41, 5.74) is 0. The number of aliphatic hydroxyl groups excluding tert-OH is 2. The normalized spacial score (nSPS) is 12.7. The number of unbranched alkanes of at least 4 members (excludes halogenated alkanes) is 46. The second-order valence-electron chi connectivity index (χ2n) is 23.1. The maximum Gasteiger partial charge on any atom is 0.305 e. The molecule has 0 aromatic heterocycles. The van der Waals surface area contributed by atoms with Crippen molar-refractivity contribution < 1.29 is 24.5 Å². The van der Waals surface area contributed by atoms with Crippen molar-refractivity contribution in [2.24, 2.45) is 0 Å². The summed E-state index contributed by atoms with van der Waals surface area (Å²) in [5.74, 6) is -0.0503. The maximum absolute atomic E-state index is 12.5. The molecule has 0 fully saturated rings. The standard InChI is InChI=1S/C69H131NO5/c1-3-5-7-9-11-13-15-17-19-21-22-23-24-25-27-30-33-37-41-45-49-53-57-61-67(72)66(65-71)70-68(73)62-58-54-50-46-42-38-34-31-28-26-29-32-36-40-44-48-52-56-60-64-75-69(74)63-59-55-51-47-43-39-35-20-18-16-14-12-10-8-6-4-2/h14,16,20,26,28,35,66-67,71-72H,3-13,15,17-19,21-25,27,29-34,36-65H2,1-2H3,(H,70,73)/b16-14-,28-26-,35-20-. The molecule has 0 bridgehead atoms. The van der Waals surface area contributed by atoms with Crippen LogP contribution in [0.25, 0.3) is 0 Å². The van der Waals surface area contributed by atoms with Gasteiger partial charge in [0.2, 0.25) is 5.91 Å². The molecule has 1 amide bonds. The summed E-state index contributed by atoms with van der Waals surface area (Å²) in [6.45, 7) is 4.94. The number of aliphatic hydroxyl groups is 2. The lowest BCUT2D eigenvalue weighted by Gasteiger charge is -2.22. The van der Waals surface area contributed by atoms with Crippen molar-refractivity contribution >= 4 is 11.9 Å². The van der Waals surface area contributed by atoms with E-state index < -0.39 is 12.1 Å². The van der Waals surface area contributed by atoms with Gasteiger partial charge in [0, 0.05) is 12.8 Å². The molecule has 6 nitrogen and oxygen atoms in total. The molecule has 0 saturated heterocycles. The number of hydrogen-bond acceptors (Lipinski definition) is 5. The van der Waals surface area contributed by atoms with Gasteiger partial charge in [0.25, 0.3) is 0 Å². The molecule has 2 unspecified atom stereocenters. The topological polar surface area (TPSA) is 95.9 Å². The molecular weight excluding hydrogens is 923 g/mol. The predicted molar refractivity (Wildman–Crippen MR) is 329 cm³/mol. The Morgan fingerprint density at radius 1 is 0.373 bits per heavy atom. The first-order chi connectivity index (χ1) is 37.0. The zero-order valence-corrected chi connectivity index (χ0v) is 50.5. The predicted octanol–water partition coefficient (Wildman–Crippen LogP) is 21.5. The van der Waals surface area contributed by atoms with Gasteiger partial charge in [0.1, 0.15) is 0 Å². The molecule has 0 rings (SSSR count). The van der Waals surface area contributed by atoms with Gasteiger partial charge in [-0.2, -0.15) is 0 Å². The number of hydrogen-bond donors (Lipinski definition) is 3. The first-order valence-corrected chi connectivity index (χ1v) is 33.7. The summed E-state index contributed by atoms with van der Waals surface area (Å²) >= 11 is 0. The average Bonchev–Trinajstić information content (AvgIpc) is 3.41. The van der Waals surface area contributed by atoms with Gasteiger partial charge in [-0.25, -0.2) is 0 Å². The van der Waals surface area contributed by atoms with E-state index in [2.05, 4.69) is 55.6 Å². The Morgan fingerprint density at radius 3 is 1.04 bits per heavy atom. The van der Waals surface area contributed by atoms with E-state index in [0.717, 1.165) is 57.8 Å². The molecular formula is C69H131NO5. The van der Waals surface area contributed by atoms with Crippen molar-refractivity contribution in [2.75, 3.05) is 13.2 Å². The van der Waals surface area contributed by atoms with Gasteiger partial charge in [-0.15, -0.1) is 0 Å². The highest BCUT2D eigenvalue weighted by Crippen LogP contribution is 2.18. The smallest absolute Gasteiger partial charge is 0.305 e. The highest BCUT2D eigenvalue weighted by Gasteiger charge is 2.20. The number of nitrogens with one attached hydrogen (secondary N) is 1. The monoisotopic (exact) mass is 1050 g/mol.